The van der Waals surface area contributed by atoms with Crippen molar-refractivity contribution < 1.29 is 18.4 Å². The highest BCUT2D eigenvalue weighted by atomic mass is 35.5. The van der Waals surface area contributed by atoms with Gasteiger partial charge < -0.3 is 10.2 Å². The standard InChI is InChI=1S/C18H16ClF2N5O2/c19-14-3-1-12(2-4-14)9-25-10-13(7-24-25)17(28)23-8-16(27)26-11-18(20,21)5-15(26)6-22/h1-4,7,10,15H,5,8-9,11H2,(H,23,28)/t15-/m0/s1. The molecule has 1 saturated heterocycles. The maximum Gasteiger partial charge on any atom is 0.268 e. The summed E-state index contributed by atoms with van der Waals surface area (Å²) in [5.74, 6) is -4.39. The van der Waals surface area contributed by atoms with Crippen molar-refractivity contribution in [2.45, 2.75) is 24.9 Å². The summed E-state index contributed by atoms with van der Waals surface area (Å²) in [6, 6.07) is 7.66. The number of rotatable bonds is 5. The molecule has 10 heteroatoms. The molecule has 0 spiro atoms. The molecule has 2 heterocycles. The molecule has 2 aromatic rings. The fourth-order valence-corrected chi connectivity index (χ4v) is 3.02. The van der Waals surface area contributed by atoms with Crippen LogP contribution in [0.25, 0.3) is 0 Å². The van der Waals surface area contributed by atoms with Gasteiger partial charge in [0.15, 0.2) is 0 Å². The molecule has 0 aliphatic carbocycles. The predicted octanol–water partition coefficient (Wildman–Crippen LogP) is 2.07. The molecular weight excluding hydrogens is 392 g/mol. The van der Waals surface area contributed by atoms with Gasteiger partial charge in [-0.1, -0.05) is 23.7 Å². The van der Waals surface area contributed by atoms with Gasteiger partial charge in [0.2, 0.25) is 5.91 Å². The molecule has 1 atom stereocenters. The minimum absolute atomic E-state index is 0.227. The van der Waals surface area contributed by atoms with E-state index in [0.29, 0.717) is 11.6 Å². The average molecular weight is 408 g/mol. The van der Waals surface area contributed by atoms with Crippen LogP contribution < -0.4 is 5.32 Å². The Morgan fingerprint density at radius 3 is 2.75 bits per heavy atom. The summed E-state index contributed by atoms with van der Waals surface area (Å²) < 4.78 is 28.4. The first kappa shape index (κ1) is 19.8. The summed E-state index contributed by atoms with van der Waals surface area (Å²) in [6.07, 6.45) is 2.16. The van der Waals surface area contributed by atoms with Gasteiger partial charge in [-0.05, 0) is 17.7 Å². The second-order valence-electron chi connectivity index (χ2n) is 6.46. The maximum absolute atomic E-state index is 13.4. The van der Waals surface area contributed by atoms with Crippen LogP contribution in [-0.4, -0.2) is 51.5 Å². The molecule has 1 aromatic heterocycles. The van der Waals surface area contributed by atoms with E-state index in [0.717, 1.165) is 10.5 Å². The average Bonchev–Trinajstić information content (AvgIpc) is 3.25. The molecule has 0 saturated carbocycles. The summed E-state index contributed by atoms with van der Waals surface area (Å²) >= 11 is 5.84. The number of likely N-dealkylation sites (tertiary alicyclic amines) is 1. The van der Waals surface area contributed by atoms with Gasteiger partial charge in [0.25, 0.3) is 11.8 Å². The van der Waals surface area contributed by atoms with Crippen LogP contribution in [0.1, 0.15) is 22.3 Å². The van der Waals surface area contributed by atoms with Gasteiger partial charge in [0.05, 0.1) is 37.5 Å². The number of nitriles is 1. The first-order chi connectivity index (χ1) is 13.3. The van der Waals surface area contributed by atoms with Crippen LogP contribution in [0.5, 0.6) is 0 Å². The highest BCUT2D eigenvalue weighted by Crippen LogP contribution is 2.31. The molecule has 28 heavy (non-hydrogen) atoms. The molecule has 1 aromatic carbocycles. The molecule has 1 aliphatic rings. The van der Waals surface area contributed by atoms with E-state index >= 15 is 0 Å². The molecule has 146 valence electrons. The number of nitrogens with zero attached hydrogens (tertiary/aromatic N) is 4. The number of halogens is 3. The van der Waals surface area contributed by atoms with E-state index in [4.69, 9.17) is 16.9 Å². The minimum atomic E-state index is -3.09. The molecule has 2 amide bonds. The lowest BCUT2D eigenvalue weighted by Crippen LogP contribution is -2.42. The maximum atomic E-state index is 13.4. The first-order valence-corrected chi connectivity index (χ1v) is 8.77. The van der Waals surface area contributed by atoms with Gasteiger partial charge in [-0.15, -0.1) is 0 Å². The topological polar surface area (TPSA) is 91.0 Å². The number of nitrogens with one attached hydrogen (secondary N) is 1. The lowest BCUT2D eigenvalue weighted by atomic mass is 10.2. The molecule has 0 bridgehead atoms. The van der Waals surface area contributed by atoms with Crippen molar-refractivity contribution in [2.24, 2.45) is 0 Å². The van der Waals surface area contributed by atoms with Gasteiger partial charge in [-0.25, -0.2) is 8.78 Å². The Morgan fingerprint density at radius 2 is 2.07 bits per heavy atom. The highest BCUT2D eigenvalue weighted by Gasteiger charge is 2.47. The Balaban J connectivity index is 1.55. The summed E-state index contributed by atoms with van der Waals surface area (Å²) in [7, 11) is 0. The molecule has 1 aliphatic heterocycles. The van der Waals surface area contributed by atoms with Crippen LogP contribution in [0.4, 0.5) is 8.78 Å². The Kier molecular flexibility index (Phi) is 5.61. The monoisotopic (exact) mass is 407 g/mol. The first-order valence-electron chi connectivity index (χ1n) is 8.39. The highest BCUT2D eigenvalue weighted by molar-refractivity contribution is 6.30. The zero-order valence-electron chi connectivity index (χ0n) is 14.6. The summed E-state index contributed by atoms with van der Waals surface area (Å²) in [4.78, 5) is 25.1. The van der Waals surface area contributed by atoms with Crippen molar-refractivity contribution in [3.63, 3.8) is 0 Å². The molecule has 0 radical (unpaired) electrons. The van der Waals surface area contributed by atoms with Crippen LogP contribution in [0.15, 0.2) is 36.7 Å². The van der Waals surface area contributed by atoms with Crippen LogP contribution in [0, 0.1) is 11.3 Å². The summed E-state index contributed by atoms with van der Waals surface area (Å²) in [6.45, 7) is -0.871. The minimum Gasteiger partial charge on any atom is -0.343 e. The van der Waals surface area contributed by atoms with E-state index in [1.807, 2.05) is 12.1 Å². The van der Waals surface area contributed by atoms with E-state index in [9.17, 15) is 18.4 Å². The number of amides is 2. The number of hydrogen-bond acceptors (Lipinski definition) is 4. The van der Waals surface area contributed by atoms with Gasteiger partial charge in [-0.3, -0.25) is 14.3 Å². The SMILES string of the molecule is N#C[C@@H]1CC(F)(F)CN1C(=O)CNC(=O)c1cnn(Cc2ccc(Cl)cc2)c1. The van der Waals surface area contributed by atoms with E-state index in [2.05, 4.69) is 10.4 Å². The van der Waals surface area contributed by atoms with E-state index in [-0.39, 0.29) is 5.56 Å². The molecule has 3 rings (SSSR count). The van der Waals surface area contributed by atoms with Gasteiger partial charge >= 0.3 is 0 Å². The number of carbonyl (C=O) groups excluding carboxylic acids is 2. The van der Waals surface area contributed by atoms with Crippen molar-refractivity contribution in [3.8, 4) is 6.07 Å². The molecule has 1 fully saturated rings. The third-order valence-corrected chi connectivity index (χ3v) is 4.54. The number of benzene rings is 1. The predicted molar refractivity (Wildman–Crippen MR) is 95.8 cm³/mol. The van der Waals surface area contributed by atoms with Gasteiger partial charge in [-0.2, -0.15) is 10.4 Å². The van der Waals surface area contributed by atoms with Crippen molar-refractivity contribution in [2.75, 3.05) is 13.1 Å². The molecule has 7 nitrogen and oxygen atoms in total. The zero-order chi connectivity index (χ0) is 20.3. The fourth-order valence-electron chi connectivity index (χ4n) is 2.90. The smallest absolute Gasteiger partial charge is 0.268 e. The number of carbonyl (C=O) groups is 2. The van der Waals surface area contributed by atoms with Gasteiger partial charge in [0.1, 0.15) is 6.04 Å². The van der Waals surface area contributed by atoms with E-state index in [1.165, 1.54) is 12.4 Å². The lowest BCUT2D eigenvalue weighted by molar-refractivity contribution is -0.131. The van der Waals surface area contributed by atoms with E-state index < -0.39 is 43.3 Å². The molecule has 0 unspecified atom stereocenters. The quantitative estimate of drug-likeness (QED) is 0.821. The van der Waals surface area contributed by atoms with Crippen LogP contribution in [0.2, 0.25) is 5.02 Å². The Labute approximate surface area is 164 Å². The van der Waals surface area contributed by atoms with Crippen molar-refractivity contribution >= 4 is 23.4 Å². The lowest BCUT2D eigenvalue weighted by Gasteiger charge is -2.19. The van der Waals surface area contributed by atoms with Crippen LogP contribution >= 0.6 is 11.6 Å². The van der Waals surface area contributed by atoms with Crippen molar-refractivity contribution in [1.82, 2.24) is 20.0 Å². The summed E-state index contributed by atoms with van der Waals surface area (Å²) in [5, 5.41) is 16.0. The third-order valence-electron chi connectivity index (χ3n) is 4.29. The third kappa shape index (κ3) is 4.64. The molecule has 1 N–H and O–H groups in total. The van der Waals surface area contributed by atoms with Crippen molar-refractivity contribution in [3.05, 3.63) is 52.8 Å². The van der Waals surface area contributed by atoms with Crippen molar-refractivity contribution in [1.29, 1.82) is 5.26 Å². The zero-order valence-corrected chi connectivity index (χ0v) is 15.4. The van der Waals surface area contributed by atoms with Crippen LogP contribution in [-0.2, 0) is 11.3 Å². The number of hydrogen-bond donors (Lipinski definition) is 1. The second-order valence-corrected chi connectivity index (χ2v) is 6.90. The molecular formula is C18H16ClF2N5O2. The normalized spacial score (nSPS) is 17.9. The second kappa shape index (κ2) is 7.94. The van der Waals surface area contributed by atoms with Gasteiger partial charge in [0, 0.05) is 17.6 Å². The summed E-state index contributed by atoms with van der Waals surface area (Å²) in [5.41, 5.74) is 1.16. The Bertz CT molecular complexity index is 923. The Hall–Kier alpha value is -2.99. The Morgan fingerprint density at radius 1 is 1.36 bits per heavy atom. The number of alkyl halides is 2. The number of aromatic nitrogens is 2. The van der Waals surface area contributed by atoms with Crippen LogP contribution in [0.3, 0.4) is 0 Å². The largest absolute Gasteiger partial charge is 0.343 e. The fraction of sp³-hybridized carbons (Fsp3) is 0.333. The van der Waals surface area contributed by atoms with E-state index in [1.54, 1.807) is 22.9 Å².